The van der Waals surface area contributed by atoms with E-state index in [1.807, 2.05) is 0 Å². The van der Waals surface area contributed by atoms with Crippen LogP contribution < -0.4 is 0 Å². The van der Waals surface area contributed by atoms with Gasteiger partial charge in [-0.25, -0.2) is 0 Å². The Hall–Kier alpha value is -0.0200. The Morgan fingerprint density at radius 1 is 0.706 bits per heavy atom. The highest BCUT2D eigenvalue weighted by molar-refractivity contribution is 7.81. The van der Waals surface area contributed by atoms with Gasteiger partial charge in [0.25, 0.3) is 0 Å². The minimum absolute atomic E-state index is 0.682. The van der Waals surface area contributed by atoms with Gasteiger partial charge in [-0.05, 0) is 37.3 Å². The van der Waals surface area contributed by atoms with Crippen molar-refractivity contribution < 1.29 is 4.74 Å². The molecule has 0 amide bonds. The Kier molecular flexibility index (Phi) is 12.4. The van der Waals surface area contributed by atoms with Gasteiger partial charge >= 0.3 is 0 Å². The molecule has 0 aliphatic carbocycles. The van der Waals surface area contributed by atoms with Crippen LogP contribution in [-0.2, 0) is 4.74 Å². The predicted molar refractivity (Wildman–Crippen MR) is 83.8 cm³/mol. The first kappa shape index (κ1) is 17.0. The van der Waals surface area contributed by atoms with E-state index in [2.05, 4.69) is 13.8 Å². The average molecular weight is 274 g/mol. The zero-order valence-corrected chi connectivity index (χ0v) is 12.9. The van der Waals surface area contributed by atoms with E-state index in [0.717, 1.165) is 25.7 Å². The van der Waals surface area contributed by atoms with Crippen molar-refractivity contribution in [1.82, 2.24) is 0 Å². The summed E-state index contributed by atoms with van der Waals surface area (Å²) in [6.07, 6.45) is 11.6. The lowest BCUT2D eigenvalue weighted by Gasteiger charge is -2.07. The molecule has 0 aromatic carbocycles. The third-order valence-corrected chi connectivity index (χ3v) is 3.27. The molecule has 0 heterocycles. The summed E-state index contributed by atoms with van der Waals surface area (Å²) in [7, 11) is 0. The SMILES string of the molecule is CCCCCCC(=S)OC(=S)CCCCCC. The van der Waals surface area contributed by atoms with Gasteiger partial charge in [0.15, 0.2) is 10.1 Å². The van der Waals surface area contributed by atoms with Crippen molar-refractivity contribution in [3.63, 3.8) is 0 Å². The third-order valence-electron chi connectivity index (χ3n) is 2.70. The van der Waals surface area contributed by atoms with Gasteiger partial charge < -0.3 is 4.74 Å². The molecule has 0 aromatic heterocycles. The monoisotopic (exact) mass is 274 g/mol. The molecule has 100 valence electrons. The van der Waals surface area contributed by atoms with Crippen molar-refractivity contribution in [3.8, 4) is 0 Å². The maximum Gasteiger partial charge on any atom is 0.168 e. The maximum atomic E-state index is 5.47. The lowest BCUT2D eigenvalue weighted by molar-refractivity contribution is 0.519. The Balaban J connectivity index is 3.42. The van der Waals surface area contributed by atoms with E-state index in [9.17, 15) is 0 Å². The molecule has 17 heavy (non-hydrogen) atoms. The summed E-state index contributed by atoms with van der Waals surface area (Å²) in [4.78, 5) is 0. The Morgan fingerprint density at radius 2 is 1.12 bits per heavy atom. The summed E-state index contributed by atoms with van der Waals surface area (Å²) in [5.41, 5.74) is 0. The van der Waals surface area contributed by atoms with E-state index < -0.39 is 0 Å². The highest BCUT2D eigenvalue weighted by atomic mass is 32.1. The molecule has 0 N–H and O–H groups in total. The van der Waals surface area contributed by atoms with Crippen molar-refractivity contribution in [1.29, 1.82) is 0 Å². The van der Waals surface area contributed by atoms with Crippen LogP contribution in [0.2, 0.25) is 0 Å². The predicted octanol–water partition coefficient (Wildman–Crippen LogP) is 5.60. The fourth-order valence-corrected chi connectivity index (χ4v) is 2.16. The van der Waals surface area contributed by atoms with Crippen LogP contribution in [0.5, 0.6) is 0 Å². The van der Waals surface area contributed by atoms with Gasteiger partial charge in [-0.1, -0.05) is 52.4 Å². The van der Waals surface area contributed by atoms with Crippen LogP contribution in [-0.4, -0.2) is 10.1 Å². The molecular weight excluding hydrogens is 248 g/mol. The highest BCUT2D eigenvalue weighted by Crippen LogP contribution is 2.08. The van der Waals surface area contributed by atoms with Gasteiger partial charge in [0.05, 0.1) is 0 Å². The highest BCUT2D eigenvalue weighted by Gasteiger charge is 2.03. The van der Waals surface area contributed by atoms with Gasteiger partial charge in [-0.2, -0.15) is 0 Å². The second-order valence-corrected chi connectivity index (χ2v) is 5.38. The van der Waals surface area contributed by atoms with Crippen LogP contribution >= 0.6 is 24.4 Å². The summed E-state index contributed by atoms with van der Waals surface area (Å²) >= 11 is 10.3. The smallest absolute Gasteiger partial charge is 0.168 e. The van der Waals surface area contributed by atoms with Crippen LogP contribution in [0.4, 0.5) is 0 Å². The first-order valence-corrected chi connectivity index (χ1v) is 7.75. The summed E-state index contributed by atoms with van der Waals surface area (Å²) in [6, 6.07) is 0. The Morgan fingerprint density at radius 3 is 1.47 bits per heavy atom. The lowest BCUT2D eigenvalue weighted by atomic mass is 10.1. The van der Waals surface area contributed by atoms with Crippen LogP contribution in [0, 0.1) is 0 Å². The summed E-state index contributed by atoms with van der Waals surface area (Å²) in [6.45, 7) is 4.42. The maximum absolute atomic E-state index is 5.47. The minimum Gasteiger partial charge on any atom is -0.443 e. The largest absolute Gasteiger partial charge is 0.443 e. The number of rotatable bonds is 10. The molecule has 3 heteroatoms. The molecular formula is C14H26OS2. The van der Waals surface area contributed by atoms with Crippen molar-refractivity contribution in [2.45, 2.75) is 78.1 Å². The molecule has 0 atom stereocenters. The summed E-state index contributed by atoms with van der Waals surface area (Å²) < 4.78 is 5.47. The first-order chi connectivity index (χ1) is 8.20. The fourth-order valence-electron chi connectivity index (χ4n) is 1.62. The van der Waals surface area contributed by atoms with Gasteiger partial charge in [-0.15, -0.1) is 0 Å². The Bertz CT molecular complexity index is 192. The number of thiocarbonyl (C=S) groups is 2. The van der Waals surface area contributed by atoms with Crippen LogP contribution in [0.3, 0.4) is 0 Å². The van der Waals surface area contributed by atoms with E-state index in [4.69, 9.17) is 29.2 Å². The second kappa shape index (κ2) is 12.4. The zero-order valence-electron chi connectivity index (χ0n) is 11.3. The standard InChI is InChI=1S/C14H26OS2/c1-3-5-7-9-11-13(16)15-14(17)12-10-8-6-4-2/h3-12H2,1-2H3. The fraction of sp³-hybridized carbons (Fsp3) is 0.857. The zero-order chi connectivity index (χ0) is 12.9. The first-order valence-electron chi connectivity index (χ1n) is 6.94. The third kappa shape index (κ3) is 12.2. The number of hydrogen-bond donors (Lipinski definition) is 0. The summed E-state index contributed by atoms with van der Waals surface area (Å²) in [5, 5.41) is 1.36. The second-order valence-electron chi connectivity index (χ2n) is 4.47. The molecule has 0 aromatic rings. The van der Waals surface area contributed by atoms with Crippen LogP contribution in [0.25, 0.3) is 0 Å². The van der Waals surface area contributed by atoms with Crippen LogP contribution in [0.1, 0.15) is 78.1 Å². The molecule has 0 bridgehead atoms. The number of hydrogen-bond acceptors (Lipinski definition) is 3. The molecule has 0 saturated carbocycles. The summed E-state index contributed by atoms with van der Waals surface area (Å²) in [5.74, 6) is 0. The average Bonchev–Trinajstić information content (AvgIpc) is 2.30. The molecule has 0 unspecified atom stereocenters. The van der Waals surface area contributed by atoms with Crippen molar-refractivity contribution >= 4 is 34.5 Å². The number of ether oxygens (including phenoxy) is 1. The molecule has 0 aliphatic heterocycles. The molecule has 0 radical (unpaired) electrons. The molecule has 0 spiro atoms. The molecule has 0 rings (SSSR count). The number of unbranched alkanes of at least 4 members (excludes halogenated alkanes) is 6. The van der Waals surface area contributed by atoms with Crippen molar-refractivity contribution in [2.75, 3.05) is 0 Å². The van der Waals surface area contributed by atoms with Gasteiger partial charge in [0.1, 0.15) is 0 Å². The van der Waals surface area contributed by atoms with Gasteiger partial charge in [0.2, 0.25) is 0 Å². The van der Waals surface area contributed by atoms with Crippen LogP contribution in [0.15, 0.2) is 0 Å². The van der Waals surface area contributed by atoms with Crippen molar-refractivity contribution in [2.24, 2.45) is 0 Å². The van der Waals surface area contributed by atoms with E-state index in [-0.39, 0.29) is 0 Å². The van der Waals surface area contributed by atoms with E-state index in [0.29, 0.717) is 10.1 Å². The normalized spacial score (nSPS) is 10.2. The quantitative estimate of drug-likeness (QED) is 0.379. The lowest BCUT2D eigenvalue weighted by Crippen LogP contribution is -2.08. The van der Waals surface area contributed by atoms with E-state index in [1.165, 1.54) is 38.5 Å². The van der Waals surface area contributed by atoms with E-state index >= 15 is 0 Å². The van der Waals surface area contributed by atoms with Crippen molar-refractivity contribution in [3.05, 3.63) is 0 Å². The van der Waals surface area contributed by atoms with Gasteiger partial charge in [-0.3, -0.25) is 0 Å². The van der Waals surface area contributed by atoms with E-state index in [1.54, 1.807) is 0 Å². The van der Waals surface area contributed by atoms with Gasteiger partial charge in [0, 0.05) is 12.8 Å². The molecule has 0 aliphatic rings. The minimum atomic E-state index is 0.682. The topological polar surface area (TPSA) is 9.23 Å². The Labute approximate surface area is 117 Å². The molecule has 0 fully saturated rings. The molecule has 0 saturated heterocycles. The molecule has 1 nitrogen and oxygen atoms in total.